The fourth-order valence-corrected chi connectivity index (χ4v) is 1.44. The molecule has 3 nitrogen and oxygen atoms in total. The second-order valence-electron chi connectivity index (χ2n) is 3.03. The van der Waals surface area contributed by atoms with E-state index in [2.05, 4.69) is 4.99 Å². The summed E-state index contributed by atoms with van der Waals surface area (Å²) >= 11 is 0. The summed E-state index contributed by atoms with van der Waals surface area (Å²) in [5.41, 5.74) is 11.5. The van der Waals surface area contributed by atoms with Crippen LogP contribution in [0.1, 0.15) is 0 Å². The number of nitrogens with zero attached hydrogens (tertiary/aromatic N) is 1. The molecular weight excluding hydrogens is 210 g/mol. The molecule has 0 radical (unpaired) electrons. The Labute approximate surface area is 94.2 Å². The monoisotopic (exact) mass is 221 g/mol. The highest BCUT2D eigenvalue weighted by Gasteiger charge is 1.97. The summed E-state index contributed by atoms with van der Waals surface area (Å²) in [7, 11) is 0. The molecule has 2 aromatic carbocycles. The molecule has 0 heterocycles. The van der Waals surface area contributed by atoms with E-state index in [0.717, 1.165) is 16.5 Å². The largest absolute Gasteiger partial charge is 0.370 e. The first-order chi connectivity index (χ1) is 6.77. The third kappa shape index (κ3) is 2.39. The lowest BCUT2D eigenvalue weighted by atomic mass is 10.1. The zero-order valence-corrected chi connectivity index (χ0v) is 8.87. The van der Waals surface area contributed by atoms with E-state index in [1.54, 1.807) is 0 Å². The molecule has 4 heteroatoms. The minimum Gasteiger partial charge on any atom is -0.370 e. The average molecular weight is 222 g/mol. The molecule has 0 saturated carbocycles. The van der Waals surface area contributed by atoms with Gasteiger partial charge in [0.05, 0.1) is 5.69 Å². The first-order valence-electron chi connectivity index (χ1n) is 4.35. The van der Waals surface area contributed by atoms with Gasteiger partial charge in [0.2, 0.25) is 0 Å². The van der Waals surface area contributed by atoms with Crippen LogP contribution in [-0.2, 0) is 0 Å². The molecule has 0 spiro atoms. The van der Waals surface area contributed by atoms with E-state index in [1.807, 2.05) is 42.5 Å². The van der Waals surface area contributed by atoms with Gasteiger partial charge in [-0.2, -0.15) is 0 Å². The second-order valence-corrected chi connectivity index (χ2v) is 3.03. The van der Waals surface area contributed by atoms with Crippen molar-refractivity contribution in [3.05, 3.63) is 42.5 Å². The minimum atomic E-state index is 0. The molecule has 0 aliphatic heterocycles. The van der Waals surface area contributed by atoms with Gasteiger partial charge >= 0.3 is 0 Å². The van der Waals surface area contributed by atoms with Gasteiger partial charge in [-0.05, 0) is 11.5 Å². The van der Waals surface area contributed by atoms with Crippen molar-refractivity contribution in [3.63, 3.8) is 0 Å². The van der Waals surface area contributed by atoms with Gasteiger partial charge in [0.1, 0.15) is 0 Å². The summed E-state index contributed by atoms with van der Waals surface area (Å²) in [6.07, 6.45) is 0. The summed E-state index contributed by atoms with van der Waals surface area (Å²) in [6.45, 7) is 0. The fourth-order valence-electron chi connectivity index (χ4n) is 1.44. The quantitative estimate of drug-likeness (QED) is 0.573. The maximum atomic E-state index is 5.34. The van der Waals surface area contributed by atoms with Crippen molar-refractivity contribution in [1.82, 2.24) is 0 Å². The first kappa shape index (κ1) is 11.3. The van der Waals surface area contributed by atoms with Crippen LogP contribution in [0.2, 0.25) is 0 Å². The highest BCUT2D eigenvalue weighted by atomic mass is 35.5. The predicted octanol–water partition coefficient (Wildman–Crippen LogP) is 2.17. The van der Waals surface area contributed by atoms with E-state index in [4.69, 9.17) is 11.5 Å². The Morgan fingerprint density at radius 1 is 0.933 bits per heavy atom. The molecule has 2 aromatic rings. The third-order valence-electron chi connectivity index (χ3n) is 2.02. The molecule has 0 amide bonds. The number of fused-ring (bicyclic) bond motifs is 1. The molecular formula is C11H12ClN3. The average Bonchev–Trinajstić information content (AvgIpc) is 2.18. The Morgan fingerprint density at radius 3 is 2.33 bits per heavy atom. The van der Waals surface area contributed by atoms with Gasteiger partial charge in [-0.25, -0.2) is 4.99 Å². The van der Waals surface area contributed by atoms with Crippen LogP contribution >= 0.6 is 12.4 Å². The van der Waals surface area contributed by atoms with Crippen LogP contribution in [0.15, 0.2) is 47.5 Å². The van der Waals surface area contributed by atoms with Gasteiger partial charge in [-0.15, -0.1) is 12.4 Å². The summed E-state index contributed by atoms with van der Waals surface area (Å²) in [4.78, 5) is 4.06. The molecule has 0 bridgehead atoms. The van der Waals surface area contributed by atoms with E-state index < -0.39 is 0 Å². The Balaban J connectivity index is 0.00000112. The van der Waals surface area contributed by atoms with Gasteiger partial charge in [0, 0.05) is 5.39 Å². The SMILES string of the molecule is Cl.NC(N)=Nc1cccc2ccccc12. The summed E-state index contributed by atoms with van der Waals surface area (Å²) in [5, 5.41) is 2.19. The van der Waals surface area contributed by atoms with Crippen molar-refractivity contribution >= 4 is 34.8 Å². The molecule has 2 rings (SSSR count). The second kappa shape index (κ2) is 4.66. The summed E-state index contributed by atoms with van der Waals surface area (Å²) < 4.78 is 0. The fraction of sp³-hybridized carbons (Fsp3) is 0. The Hall–Kier alpha value is -1.74. The van der Waals surface area contributed by atoms with Crippen LogP contribution in [0, 0.1) is 0 Å². The van der Waals surface area contributed by atoms with Crippen molar-refractivity contribution in [2.75, 3.05) is 0 Å². The first-order valence-corrected chi connectivity index (χ1v) is 4.35. The number of halogens is 1. The van der Waals surface area contributed by atoms with E-state index >= 15 is 0 Å². The van der Waals surface area contributed by atoms with Crippen LogP contribution < -0.4 is 11.5 Å². The lowest BCUT2D eigenvalue weighted by molar-refractivity contribution is 1.44. The molecule has 0 aliphatic rings. The van der Waals surface area contributed by atoms with Gasteiger partial charge < -0.3 is 11.5 Å². The van der Waals surface area contributed by atoms with Crippen LogP contribution in [0.25, 0.3) is 10.8 Å². The van der Waals surface area contributed by atoms with Crippen LogP contribution in [0.4, 0.5) is 5.69 Å². The normalized spacial score (nSPS) is 9.33. The van der Waals surface area contributed by atoms with Crippen molar-refractivity contribution in [1.29, 1.82) is 0 Å². The van der Waals surface area contributed by atoms with Crippen LogP contribution in [0.5, 0.6) is 0 Å². The number of aliphatic imine (C=N–C) groups is 1. The summed E-state index contributed by atoms with van der Waals surface area (Å²) in [6, 6.07) is 13.8. The number of hydrogen-bond acceptors (Lipinski definition) is 1. The number of rotatable bonds is 1. The third-order valence-corrected chi connectivity index (χ3v) is 2.02. The van der Waals surface area contributed by atoms with Crippen molar-refractivity contribution in [2.45, 2.75) is 0 Å². The van der Waals surface area contributed by atoms with Crippen molar-refractivity contribution in [3.8, 4) is 0 Å². The molecule has 0 aromatic heterocycles. The van der Waals surface area contributed by atoms with E-state index in [1.165, 1.54) is 0 Å². The minimum absolute atomic E-state index is 0. The summed E-state index contributed by atoms with van der Waals surface area (Å²) in [5.74, 6) is 0.0846. The predicted molar refractivity (Wildman–Crippen MR) is 66.7 cm³/mol. The van der Waals surface area contributed by atoms with Crippen LogP contribution in [-0.4, -0.2) is 5.96 Å². The van der Waals surface area contributed by atoms with Gasteiger partial charge in [0.15, 0.2) is 5.96 Å². The van der Waals surface area contributed by atoms with Crippen LogP contribution in [0.3, 0.4) is 0 Å². The number of nitrogens with two attached hydrogens (primary N) is 2. The van der Waals surface area contributed by atoms with Gasteiger partial charge in [-0.1, -0.05) is 36.4 Å². The maximum absolute atomic E-state index is 5.34. The molecule has 0 saturated heterocycles. The lowest BCUT2D eigenvalue weighted by Crippen LogP contribution is -2.21. The number of benzene rings is 2. The van der Waals surface area contributed by atoms with Gasteiger partial charge in [0.25, 0.3) is 0 Å². The molecule has 78 valence electrons. The zero-order valence-electron chi connectivity index (χ0n) is 8.05. The molecule has 15 heavy (non-hydrogen) atoms. The highest BCUT2D eigenvalue weighted by Crippen LogP contribution is 2.24. The smallest absolute Gasteiger partial charge is 0.191 e. The lowest BCUT2D eigenvalue weighted by Gasteiger charge is -2.01. The molecule has 0 unspecified atom stereocenters. The topological polar surface area (TPSA) is 64.4 Å². The van der Waals surface area contributed by atoms with E-state index in [9.17, 15) is 0 Å². The zero-order chi connectivity index (χ0) is 9.97. The molecule has 4 N–H and O–H groups in total. The Morgan fingerprint density at radius 2 is 1.60 bits per heavy atom. The van der Waals surface area contributed by atoms with E-state index in [-0.39, 0.29) is 18.4 Å². The van der Waals surface area contributed by atoms with E-state index in [0.29, 0.717) is 0 Å². The maximum Gasteiger partial charge on any atom is 0.191 e. The standard InChI is InChI=1S/C11H11N3.ClH/c12-11(13)14-10-7-3-5-8-4-1-2-6-9(8)10;/h1-7H,(H4,12,13,14);1H. The molecule has 0 fully saturated rings. The van der Waals surface area contributed by atoms with Crippen molar-refractivity contribution in [2.24, 2.45) is 16.5 Å². The highest BCUT2D eigenvalue weighted by molar-refractivity contribution is 5.95. The molecule has 0 aliphatic carbocycles. The Kier molecular flexibility index (Phi) is 3.52. The molecule has 0 atom stereocenters. The number of hydrogen-bond donors (Lipinski definition) is 2. The van der Waals surface area contributed by atoms with Crippen molar-refractivity contribution < 1.29 is 0 Å². The van der Waals surface area contributed by atoms with Gasteiger partial charge in [-0.3, -0.25) is 0 Å². The number of guanidine groups is 1. The Bertz CT molecular complexity index is 485.